The second kappa shape index (κ2) is 6.20. The van der Waals surface area contributed by atoms with Crippen molar-refractivity contribution < 1.29 is 8.42 Å². The first-order valence-corrected chi connectivity index (χ1v) is 8.12. The van der Waals surface area contributed by atoms with Crippen LogP contribution in [0, 0.1) is 11.3 Å². The van der Waals surface area contributed by atoms with E-state index in [1.807, 2.05) is 13.0 Å². The van der Waals surface area contributed by atoms with Crippen molar-refractivity contribution in [1.82, 2.24) is 9.29 Å². The summed E-state index contributed by atoms with van der Waals surface area (Å²) >= 11 is 0. The van der Waals surface area contributed by atoms with Crippen LogP contribution in [0.4, 0.5) is 5.69 Å². The van der Waals surface area contributed by atoms with Crippen molar-refractivity contribution in [2.75, 3.05) is 18.4 Å². The summed E-state index contributed by atoms with van der Waals surface area (Å²) in [5, 5.41) is 11.7. The van der Waals surface area contributed by atoms with Crippen LogP contribution in [0.25, 0.3) is 0 Å². The Hall–Kier alpha value is -1.65. The summed E-state index contributed by atoms with van der Waals surface area (Å²) in [6, 6.07) is 3.70. The van der Waals surface area contributed by atoms with Crippen LogP contribution in [0.2, 0.25) is 0 Å². The molecular formula is C13H18N4O2S. The van der Waals surface area contributed by atoms with Gasteiger partial charge in [-0.1, -0.05) is 0 Å². The van der Waals surface area contributed by atoms with Crippen molar-refractivity contribution in [1.29, 1.82) is 5.26 Å². The molecule has 6 nitrogen and oxygen atoms in total. The molecule has 1 N–H and O–H groups in total. The van der Waals surface area contributed by atoms with E-state index in [-0.39, 0.29) is 23.9 Å². The number of nitriles is 1. The summed E-state index contributed by atoms with van der Waals surface area (Å²) in [6.07, 6.45) is 4.86. The molecule has 108 valence electrons. The van der Waals surface area contributed by atoms with Crippen LogP contribution in [0.1, 0.15) is 26.2 Å². The van der Waals surface area contributed by atoms with Gasteiger partial charge in [0.1, 0.15) is 4.90 Å². The summed E-state index contributed by atoms with van der Waals surface area (Å²) in [5.41, 5.74) is 0.560. The van der Waals surface area contributed by atoms with E-state index in [2.05, 4.69) is 10.3 Å². The lowest BCUT2D eigenvalue weighted by atomic mass is 10.4. The highest BCUT2D eigenvalue weighted by Gasteiger charge is 2.38. The Morgan fingerprint density at radius 1 is 1.55 bits per heavy atom. The molecule has 0 radical (unpaired) electrons. The predicted molar refractivity (Wildman–Crippen MR) is 75.5 cm³/mol. The van der Waals surface area contributed by atoms with Crippen LogP contribution in [-0.2, 0) is 10.0 Å². The Morgan fingerprint density at radius 2 is 2.30 bits per heavy atom. The van der Waals surface area contributed by atoms with Crippen molar-refractivity contribution in [3.05, 3.63) is 18.5 Å². The molecule has 0 amide bonds. The number of aromatic nitrogens is 1. The van der Waals surface area contributed by atoms with E-state index in [0.29, 0.717) is 12.2 Å². The SMILES string of the molecule is CCNc1ccncc1S(=O)(=O)N(CCC#N)C1CC1. The van der Waals surface area contributed by atoms with E-state index in [1.54, 1.807) is 12.3 Å². The van der Waals surface area contributed by atoms with Crippen LogP contribution in [0.5, 0.6) is 0 Å². The van der Waals surface area contributed by atoms with Crippen molar-refractivity contribution in [2.45, 2.75) is 37.1 Å². The van der Waals surface area contributed by atoms with Crippen molar-refractivity contribution >= 4 is 15.7 Å². The minimum Gasteiger partial charge on any atom is -0.384 e. The molecule has 20 heavy (non-hydrogen) atoms. The molecule has 1 aromatic rings. The third-order valence-corrected chi connectivity index (χ3v) is 5.12. The fraction of sp³-hybridized carbons (Fsp3) is 0.538. The Morgan fingerprint density at radius 3 is 2.90 bits per heavy atom. The van der Waals surface area contributed by atoms with Gasteiger partial charge in [-0.15, -0.1) is 0 Å². The molecule has 0 atom stereocenters. The summed E-state index contributed by atoms with van der Waals surface area (Å²) in [6.45, 7) is 2.78. The molecule has 1 aliphatic rings. The normalized spacial score (nSPS) is 15.1. The number of pyridine rings is 1. The second-order valence-electron chi connectivity index (χ2n) is 4.66. The van der Waals surface area contributed by atoms with Gasteiger partial charge in [0.05, 0.1) is 11.8 Å². The average molecular weight is 294 g/mol. The average Bonchev–Trinajstić information content (AvgIpc) is 3.24. The molecule has 0 aliphatic heterocycles. The minimum atomic E-state index is -3.61. The lowest BCUT2D eigenvalue weighted by Crippen LogP contribution is -2.34. The summed E-state index contributed by atoms with van der Waals surface area (Å²) in [4.78, 5) is 4.11. The van der Waals surface area contributed by atoms with Gasteiger partial charge in [-0.05, 0) is 25.8 Å². The largest absolute Gasteiger partial charge is 0.384 e. The highest BCUT2D eigenvalue weighted by molar-refractivity contribution is 7.89. The Bertz CT molecular complexity index is 605. The third kappa shape index (κ3) is 3.08. The second-order valence-corrected chi connectivity index (χ2v) is 6.52. The van der Waals surface area contributed by atoms with Gasteiger partial charge >= 0.3 is 0 Å². The Labute approximate surface area is 119 Å². The molecule has 0 spiro atoms. The lowest BCUT2D eigenvalue weighted by molar-refractivity contribution is 0.411. The number of nitrogens with one attached hydrogen (secondary N) is 1. The third-order valence-electron chi connectivity index (χ3n) is 3.14. The Balaban J connectivity index is 2.35. The van der Waals surface area contributed by atoms with Gasteiger partial charge in [0.15, 0.2) is 0 Å². The van der Waals surface area contributed by atoms with Gasteiger partial charge in [0.2, 0.25) is 10.0 Å². The number of rotatable bonds is 7. The van der Waals surface area contributed by atoms with Gasteiger partial charge in [0.25, 0.3) is 0 Å². The molecular weight excluding hydrogens is 276 g/mol. The number of anilines is 1. The van der Waals surface area contributed by atoms with Gasteiger partial charge in [-0.25, -0.2) is 8.42 Å². The molecule has 1 saturated carbocycles. The fourth-order valence-corrected chi connectivity index (χ4v) is 3.87. The van der Waals surface area contributed by atoms with E-state index in [4.69, 9.17) is 5.26 Å². The van der Waals surface area contributed by atoms with Crippen LogP contribution < -0.4 is 5.32 Å². The molecule has 0 unspecified atom stereocenters. The van der Waals surface area contributed by atoms with E-state index in [9.17, 15) is 8.42 Å². The molecule has 2 rings (SSSR count). The molecule has 0 aromatic carbocycles. The number of sulfonamides is 1. The van der Waals surface area contributed by atoms with Crippen molar-refractivity contribution in [3.63, 3.8) is 0 Å². The molecule has 7 heteroatoms. The van der Waals surface area contributed by atoms with Gasteiger partial charge in [-0.2, -0.15) is 9.57 Å². The first kappa shape index (κ1) is 14.8. The van der Waals surface area contributed by atoms with E-state index < -0.39 is 10.0 Å². The van der Waals surface area contributed by atoms with Crippen molar-refractivity contribution in [3.8, 4) is 6.07 Å². The maximum absolute atomic E-state index is 12.8. The monoisotopic (exact) mass is 294 g/mol. The highest BCUT2D eigenvalue weighted by atomic mass is 32.2. The molecule has 0 saturated heterocycles. The van der Waals surface area contributed by atoms with Gasteiger partial charge in [-0.3, -0.25) is 4.98 Å². The zero-order valence-electron chi connectivity index (χ0n) is 11.4. The summed E-state index contributed by atoms with van der Waals surface area (Å²) in [7, 11) is -3.61. The van der Waals surface area contributed by atoms with E-state index in [0.717, 1.165) is 12.8 Å². The van der Waals surface area contributed by atoms with Crippen LogP contribution in [-0.4, -0.2) is 36.8 Å². The number of hydrogen-bond donors (Lipinski definition) is 1. The molecule has 1 aromatic heterocycles. The molecule has 0 bridgehead atoms. The van der Waals surface area contributed by atoms with E-state index >= 15 is 0 Å². The van der Waals surface area contributed by atoms with Crippen molar-refractivity contribution in [2.24, 2.45) is 0 Å². The maximum Gasteiger partial charge on any atom is 0.246 e. The topological polar surface area (TPSA) is 86.1 Å². The summed E-state index contributed by atoms with van der Waals surface area (Å²) < 4.78 is 26.9. The van der Waals surface area contributed by atoms with Gasteiger partial charge in [0, 0.05) is 37.9 Å². The highest BCUT2D eigenvalue weighted by Crippen LogP contribution is 2.34. The smallest absolute Gasteiger partial charge is 0.246 e. The van der Waals surface area contributed by atoms with Crippen LogP contribution >= 0.6 is 0 Å². The number of nitrogens with zero attached hydrogens (tertiary/aromatic N) is 3. The van der Waals surface area contributed by atoms with E-state index in [1.165, 1.54) is 10.5 Å². The zero-order chi connectivity index (χ0) is 14.6. The molecule has 1 heterocycles. The Kier molecular flexibility index (Phi) is 4.57. The maximum atomic E-state index is 12.8. The van der Waals surface area contributed by atoms with Gasteiger partial charge < -0.3 is 5.32 Å². The zero-order valence-corrected chi connectivity index (χ0v) is 12.2. The van der Waals surface area contributed by atoms with Crippen LogP contribution in [0.3, 0.4) is 0 Å². The van der Waals surface area contributed by atoms with Crippen LogP contribution in [0.15, 0.2) is 23.4 Å². The fourth-order valence-electron chi connectivity index (χ4n) is 2.07. The minimum absolute atomic E-state index is 0.0306. The molecule has 1 fully saturated rings. The number of hydrogen-bond acceptors (Lipinski definition) is 5. The molecule has 1 aliphatic carbocycles. The first-order valence-electron chi connectivity index (χ1n) is 6.68. The predicted octanol–water partition coefficient (Wildman–Crippen LogP) is 1.58. The lowest BCUT2D eigenvalue weighted by Gasteiger charge is -2.22. The quantitative estimate of drug-likeness (QED) is 0.825. The summed E-state index contributed by atoms with van der Waals surface area (Å²) in [5.74, 6) is 0. The standard InChI is InChI=1S/C13H18N4O2S/c1-2-16-12-6-8-15-10-13(12)20(18,19)17(9-3-7-14)11-4-5-11/h6,8,10-11H,2-5,9H2,1H3,(H,15,16). The first-order chi connectivity index (χ1) is 9.61.